The van der Waals surface area contributed by atoms with E-state index < -0.39 is 0 Å². The zero-order chi connectivity index (χ0) is 11.3. The molecule has 0 aromatic heterocycles. The Morgan fingerprint density at radius 3 is 2.81 bits per heavy atom. The van der Waals surface area contributed by atoms with E-state index in [-0.39, 0.29) is 11.5 Å². The van der Waals surface area contributed by atoms with Gasteiger partial charge in [-0.05, 0) is 30.7 Å². The molecule has 1 saturated heterocycles. The molecule has 0 bridgehead atoms. The van der Waals surface area contributed by atoms with Gasteiger partial charge in [0.05, 0.1) is 18.6 Å². The van der Waals surface area contributed by atoms with Crippen LogP contribution in [0.3, 0.4) is 0 Å². The molecule has 0 radical (unpaired) electrons. The Hall–Kier alpha value is -0.800. The minimum absolute atomic E-state index is 0.00616. The van der Waals surface area contributed by atoms with Crippen LogP contribution in [0.2, 0.25) is 0 Å². The highest BCUT2D eigenvalue weighted by Gasteiger charge is 2.50. The van der Waals surface area contributed by atoms with Crippen LogP contribution in [-0.2, 0) is 4.74 Å². The average Bonchev–Trinajstić information content (AvgIpc) is 2.17. The number of hydrogen-bond acceptors (Lipinski definition) is 2. The minimum atomic E-state index is -0.00616. The third kappa shape index (κ3) is 1.22. The molecule has 84 valence electrons. The third-order valence-electron chi connectivity index (χ3n) is 3.67. The van der Waals surface area contributed by atoms with Crippen molar-refractivity contribution in [2.24, 2.45) is 5.41 Å². The van der Waals surface area contributed by atoms with Gasteiger partial charge in [-0.25, -0.2) is 0 Å². The van der Waals surface area contributed by atoms with Crippen LogP contribution in [0.25, 0.3) is 5.57 Å². The first-order valence-corrected chi connectivity index (χ1v) is 6.16. The molecule has 1 unspecified atom stereocenters. The van der Waals surface area contributed by atoms with Gasteiger partial charge in [-0.2, -0.15) is 0 Å². The topological polar surface area (TPSA) is 18.5 Å². The van der Waals surface area contributed by atoms with Gasteiger partial charge in [-0.15, -0.1) is 0 Å². The van der Waals surface area contributed by atoms with Gasteiger partial charge in [0, 0.05) is 10.0 Å². The van der Waals surface area contributed by atoms with E-state index in [4.69, 9.17) is 9.47 Å². The molecule has 3 heteroatoms. The Morgan fingerprint density at radius 1 is 1.44 bits per heavy atom. The molecule has 0 amide bonds. The maximum Gasteiger partial charge on any atom is 0.127 e. The van der Waals surface area contributed by atoms with Gasteiger partial charge in [0.25, 0.3) is 0 Å². The van der Waals surface area contributed by atoms with Crippen LogP contribution >= 0.6 is 15.9 Å². The average molecular weight is 281 g/mol. The standard InChI is InChI=1S/C13H13BrO2/c1-8-11-5-10(14)3-4-12(11)16-9(2)13(8)6-15-7-13/h3-5,9H,1,6-7H2,2H3. The van der Waals surface area contributed by atoms with E-state index in [1.54, 1.807) is 0 Å². The van der Waals surface area contributed by atoms with Crippen molar-refractivity contribution >= 4 is 21.5 Å². The Bertz CT molecular complexity index is 463. The molecule has 0 saturated carbocycles. The van der Waals surface area contributed by atoms with Crippen molar-refractivity contribution in [3.8, 4) is 5.75 Å². The van der Waals surface area contributed by atoms with Crippen LogP contribution in [0.4, 0.5) is 0 Å². The summed E-state index contributed by atoms with van der Waals surface area (Å²) in [5, 5.41) is 0. The van der Waals surface area contributed by atoms with Crippen LogP contribution in [-0.4, -0.2) is 19.3 Å². The zero-order valence-corrected chi connectivity index (χ0v) is 10.7. The molecule has 0 aliphatic carbocycles. The first-order valence-electron chi connectivity index (χ1n) is 5.37. The summed E-state index contributed by atoms with van der Waals surface area (Å²) in [7, 11) is 0. The van der Waals surface area contributed by atoms with Gasteiger partial charge < -0.3 is 9.47 Å². The minimum Gasteiger partial charge on any atom is -0.489 e. The second kappa shape index (κ2) is 3.34. The Balaban J connectivity index is 2.12. The smallest absolute Gasteiger partial charge is 0.127 e. The van der Waals surface area contributed by atoms with Gasteiger partial charge in [0.15, 0.2) is 0 Å². The summed E-state index contributed by atoms with van der Waals surface area (Å²) in [6, 6.07) is 6.06. The van der Waals surface area contributed by atoms with Crippen molar-refractivity contribution in [2.45, 2.75) is 13.0 Å². The van der Waals surface area contributed by atoms with Crippen LogP contribution < -0.4 is 4.74 Å². The quantitative estimate of drug-likeness (QED) is 0.726. The fourth-order valence-electron chi connectivity index (χ4n) is 2.39. The fraction of sp³-hybridized carbons (Fsp3) is 0.385. The molecular formula is C13H13BrO2. The first-order chi connectivity index (χ1) is 7.63. The van der Waals surface area contributed by atoms with Crippen LogP contribution in [0.1, 0.15) is 12.5 Å². The molecule has 2 aliphatic heterocycles. The summed E-state index contributed by atoms with van der Waals surface area (Å²) < 4.78 is 12.4. The lowest BCUT2D eigenvalue weighted by atomic mass is 9.70. The van der Waals surface area contributed by atoms with Gasteiger partial charge >= 0.3 is 0 Å². The summed E-state index contributed by atoms with van der Waals surface area (Å²) in [6.07, 6.45) is 0.141. The molecular weight excluding hydrogens is 268 g/mol. The second-order valence-corrected chi connectivity index (χ2v) is 5.44. The Kier molecular flexibility index (Phi) is 2.17. The molecule has 2 aliphatic rings. The lowest BCUT2D eigenvalue weighted by molar-refractivity contribution is -0.126. The van der Waals surface area contributed by atoms with Crippen LogP contribution in [0.5, 0.6) is 5.75 Å². The predicted octanol–water partition coefficient (Wildman–Crippen LogP) is 3.26. The molecule has 16 heavy (non-hydrogen) atoms. The molecule has 1 aromatic carbocycles. The number of fused-ring (bicyclic) bond motifs is 1. The van der Waals surface area contributed by atoms with E-state index in [1.165, 1.54) is 0 Å². The SMILES string of the molecule is C=C1c2cc(Br)ccc2OC(C)C12COC2. The fourth-order valence-corrected chi connectivity index (χ4v) is 2.75. The lowest BCUT2D eigenvalue weighted by Crippen LogP contribution is -2.54. The summed E-state index contributed by atoms with van der Waals surface area (Å²) >= 11 is 3.48. The molecule has 2 heterocycles. The second-order valence-electron chi connectivity index (χ2n) is 4.53. The highest BCUT2D eigenvalue weighted by atomic mass is 79.9. The maximum atomic E-state index is 5.95. The highest BCUT2D eigenvalue weighted by molar-refractivity contribution is 9.10. The monoisotopic (exact) mass is 280 g/mol. The van der Waals surface area contributed by atoms with Gasteiger partial charge in [0.2, 0.25) is 0 Å². The van der Waals surface area contributed by atoms with Crippen LogP contribution in [0.15, 0.2) is 29.3 Å². The first kappa shape index (κ1) is 10.4. The number of hydrogen-bond donors (Lipinski definition) is 0. The van der Waals surface area contributed by atoms with Crippen molar-refractivity contribution in [2.75, 3.05) is 13.2 Å². The van der Waals surface area contributed by atoms with E-state index in [1.807, 2.05) is 12.1 Å². The predicted molar refractivity (Wildman–Crippen MR) is 66.5 cm³/mol. The van der Waals surface area contributed by atoms with Gasteiger partial charge in [-0.1, -0.05) is 22.5 Å². The summed E-state index contributed by atoms with van der Waals surface area (Å²) in [5.41, 5.74) is 2.25. The Morgan fingerprint density at radius 2 is 2.19 bits per heavy atom. The number of ether oxygens (including phenoxy) is 2. The lowest BCUT2D eigenvalue weighted by Gasteiger charge is -2.50. The maximum absolute atomic E-state index is 5.95. The molecule has 1 spiro atoms. The molecule has 1 aromatic rings. The largest absolute Gasteiger partial charge is 0.489 e. The third-order valence-corrected chi connectivity index (χ3v) is 4.16. The van der Waals surface area contributed by atoms with E-state index in [9.17, 15) is 0 Å². The van der Waals surface area contributed by atoms with E-state index in [0.29, 0.717) is 0 Å². The van der Waals surface area contributed by atoms with E-state index >= 15 is 0 Å². The number of halogens is 1. The molecule has 2 nitrogen and oxygen atoms in total. The Labute approximate surface area is 103 Å². The highest BCUT2D eigenvalue weighted by Crippen LogP contribution is 2.51. The summed E-state index contributed by atoms with van der Waals surface area (Å²) in [6.45, 7) is 7.78. The molecule has 0 N–H and O–H groups in total. The van der Waals surface area contributed by atoms with E-state index in [2.05, 4.69) is 35.5 Å². The molecule has 3 rings (SSSR count). The normalized spacial score (nSPS) is 25.9. The van der Waals surface area contributed by atoms with Gasteiger partial charge in [0.1, 0.15) is 11.9 Å². The summed E-state index contributed by atoms with van der Waals surface area (Å²) in [4.78, 5) is 0. The van der Waals surface area contributed by atoms with Crippen molar-refractivity contribution in [1.29, 1.82) is 0 Å². The van der Waals surface area contributed by atoms with Crippen LogP contribution in [0, 0.1) is 5.41 Å². The number of rotatable bonds is 0. The van der Waals surface area contributed by atoms with E-state index in [0.717, 1.165) is 34.6 Å². The van der Waals surface area contributed by atoms with Gasteiger partial charge in [-0.3, -0.25) is 0 Å². The van der Waals surface area contributed by atoms with Crippen molar-refractivity contribution in [3.05, 3.63) is 34.8 Å². The number of benzene rings is 1. The summed E-state index contributed by atoms with van der Waals surface area (Å²) in [5.74, 6) is 0.929. The zero-order valence-electron chi connectivity index (χ0n) is 9.13. The molecule has 1 fully saturated rings. The van der Waals surface area contributed by atoms with Crippen molar-refractivity contribution < 1.29 is 9.47 Å². The molecule has 1 atom stereocenters. The van der Waals surface area contributed by atoms with Crippen molar-refractivity contribution in [3.63, 3.8) is 0 Å². The van der Waals surface area contributed by atoms with Crippen molar-refractivity contribution in [1.82, 2.24) is 0 Å².